The van der Waals surface area contributed by atoms with Crippen LogP contribution < -0.4 is 4.72 Å². The summed E-state index contributed by atoms with van der Waals surface area (Å²) in [6.07, 6.45) is 1.48. The fourth-order valence-corrected chi connectivity index (χ4v) is 5.52. The van der Waals surface area contributed by atoms with Gasteiger partial charge < -0.3 is 5.11 Å². The number of carbonyl (C=O) groups is 1. The van der Waals surface area contributed by atoms with Gasteiger partial charge in [0, 0.05) is 11.8 Å². The Kier molecular flexibility index (Phi) is 5.45. The van der Waals surface area contributed by atoms with Gasteiger partial charge >= 0.3 is 5.97 Å². The summed E-state index contributed by atoms with van der Waals surface area (Å²) < 4.78 is 27.9. The van der Waals surface area contributed by atoms with Gasteiger partial charge in [0.2, 0.25) is 0 Å². The average Bonchev–Trinajstić information content (AvgIpc) is 2.60. The van der Waals surface area contributed by atoms with E-state index in [9.17, 15) is 13.2 Å². The normalized spacial score (nSPS) is 25.8. The molecule has 0 radical (unpaired) electrons. The molecule has 0 saturated carbocycles. The standard InChI is InChI=1S/C10H20N2O4S2/c1-4-5-9-12(8(6-17-9)10(13)14)18(15,16)11-7(2)3/h7-9,11H,4-6H2,1-3H3,(H,13,14). The van der Waals surface area contributed by atoms with Gasteiger partial charge in [-0.25, -0.2) is 0 Å². The molecular formula is C10H20N2O4S2. The van der Waals surface area contributed by atoms with Crippen LogP contribution in [-0.2, 0) is 15.0 Å². The number of aliphatic carboxylic acids is 1. The maximum Gasteiger partial charge on any atom is 0.322 e. The number of nitrogens with zero attached hydrogens (tertiary/aromatic N) is 1. The number of thioether (sulfide) groups is 1. The van der Waals surface area contributed by atoms with E-state index in [1.165, 1.54) is 11.8 Å². The van der Waals surface area contributed by atoms with Crippen molar-refractivity contribution in [1.29, 1.82) is 0 Å². The number of carboxylic acid groups (broad SMARTS) is 1. The van der Waals surface area contributed by atoms with Gasteiger partial charge in [0.05, 0.1) is 5.37 Å². The third-order valence-corrected chi connectivity index (χ3v) is 5.84. The SMILES string of the molecule is CCCC1SCC(C(=O)O)N1S(=O)(=O)NC(C)C. The minimum Gasteiger partial charge on any atom is -0.480 e. The second-order valence-corrected chi connectivity index (χ2v) is 7.36. The van der Waals surface area contributed by atoms with Crippen molar-refractivity contribution in [3.8, 4) is 0 Å². The summed E-state index contributed by atoms with van der Waals surface area (Å²) in [6.45, 7) is 5.38. The zero-order chi connectivity index (χ0) is 13.9. The van der Waals surface area contributed by atoms with Crippen LogP contribution in [0.1, 0.15) is 33.6 Å². The topological polar surface area (TPSA) is 86.7 Å². The Morgan fingerprint density at radius 1 is 1.56 bits per heavy atom. The van der Waals surface area contributed by atoms with E-state index in [1.54, 1.807) is 13.8 Å². The van der Waals surface area contributed by atoms with E-state index >= 15 is 0 Å². The molecule has 18 heavy (non-hydrogen) atoms. The number of carboxylic acids is 1. The Labute approximate surface area is 112 Å². The highest BCUT2D eigenvalue weighted by Gasteiger charge is 2.45. The van der Waals surface area contributed by atoms with Crippen LogP contribution in [0.3, 0.4) is 0 Å². The van der Waals surface area contributed by atoms with Crippen molar-refractivity contribution in [2.45, 2.75) is 51.1 Å². The number of rotatable bonds is 6. The molecule has 0 bridgehead atoms. The van der Waals surface area contributed by atoms with E-state index < -0.39 is 22.2 Å². The summed E-state index contributed by atoms with van der Waals surface area (Å²) in [7, 11) is -3.74. The second-order valence-electron chi connectivity index (χ2n) is 4.54. The number of nitrogens with one attached hydrogen (secondary N) is 1. The van der Waals surface area contributed by atoms with Crippen molar-refractivity contribution in [3.05, 3.63) is 0 Å². The zero-order valence-electron chi connectivity index (χ0n) is 10.8. The molecule has 6 nitrogen and oxygen atoms in total. The van der Waals surface area contributed by atoms with Crippen LogP contribution in [0.15, 0.2) is 0 Å². The first kappa shape index (κ1) is 15.7. The molecule has 1 rings (SSSR count). The van der Waals surface area contributed by atoms with E-state index in [4.69, 9.17) is 5.11 Å². The molecule has 1 saturated heterocycles. The average molecular weight is 296 g/mol. The monoisotopic (exact) mass is 296 g/mol. The number of hydrogen-bond acceptors (Lipinski definition) is 4. The molecule has 1 heterocycles. The molecule has 2 unspecified atom stereocenters. The van der Waals surface area contributed by atoms with Crippen LogP contribution in [-0.4, -0.2) is 47.0 Å². The van der Waals surface area contributed by atoms with E-state index in [-0.39, 0.29) is 11.4 Å². The Morgan fingerprint density at radius 3 is 2.61 bits per heavy atom. The van der Waals surface area contributed by atoms with Gasteiger partial charge in [-0.3, -0.25) is 4.79 Å². The molecule has 0 aliphatic carbocycles. The fraction of sp³-hybridized carbons (Fsp3) is 0.900. The molecule has 2 atom stereocenters. The van der Waals surface area contributed by atoms with Gasteiger partial charge in [0.15, 0.2) is 0 Å². The Bertz CT molecular complexity index is 397. The molecule has 0 aromatic heterocycles. The Morgan fingerprint density at radius 2 is 2.17 bits per heavy atom. The van der Waals surface area contributed by atoms with Crippen molar-refractivity contribution in [1.82, 2.24) is 9.03 Å². The molecule has 1 fully saturated rings. The summed E-state index contributed by atoms with van der Waals surface area (Å²) in [6, 6.07) is -1.22. The Hall–Kier alpha value is -0.310. The van der Waals surface area contributed by atoms with E-state index in [1.807, 2.05) is 6.92 Å². The van der Waals surface area contributed by atoms with Crippen molar-refractivity contribution >= 4 is 27.9 Å². The summed E-state index contributed by atoms with van der Waals surface area (Å²) in [5, 5.41) is 8.84. The maximum absolute atomic E-state index is 12.2. The van der Waals surface area contributed by atoms with E-state index in [0.717, 1.165) is 10.7 Å². The van der Waals surface area contributed by atoms with Gasteiger partial charge in [0.1, 0.15) is 6.04 Å². The molecule has 106 valence electrons. The van der Waals surface area contributed by atoms with Crippen LogP contribution >= 0.6 is 11.8 Å². The van der Waals surface area contributed by atoms with Crippen molar-refractivity contribution < 1.29 is 18.3 Å². The molecular weight excluding hydrogens is 276 g/mol. The summed E-state index contributed by atoms with van der Waals surface area (Å²) >= 11 is 1.39. The van der Waals surface area contributed by atoms with Gasteiger partial charge in [0.25, 0.3) is 10.2 Å². The van der Waals surface area contributed by atoms with Gasteiger partial charge in [-0.15, -0.1) is 11.8 Å². The van der Waals surface area contributed by atoms with Crippen molar-refractivity contribution in [2.24, 2.45) is 0 Å². The minimum atomic E-state index is -3.74. The fourth-order valence-electron chi connectivity index (χ4n) is 1.87. The summed E-state index contributed by atoms with van der Waals surface area (Å²) in [5.74, 6) is -0.783. The first-order valence-corrected chi connectivity index (χ1v) is 8.43. The quantitative estimate of drug-likeness (QED) is 0.759. The second kappa shape index (κ2) is 6.23. The lowest BCUT2D eigenvalue weighted by Crippen LogP contribution is -2.51. The molecule has 0 aromatic rings. The van der Waals surface area contributed by atoms with Crippen LogP contribution in [0.5, 0.6) is 0 Å². The highest BCUT2D eigenvalue weighted by molar-refractivity contribution is 8.01. The van der Waals surface area contributed by atoms with Crippen molar-refractivity contribution in [3.63, 3.8) is 0 Å². The smallest absolute Gasteiger partial charge is 0.322 e. The van der Waals surface area contributed by atoms with Crippen LogP contribution in [0.4, 0.5) is 0 Å². The predicted molar refractivity (Wildman–Crippen MR) is 71.6 cm³/mol. The van der Waals surface area contributed by atoms with E-state index in [2.05, 4.69) is 4.72 Å². The molecule has 1 aliphatic heterocycles. The lowest BCUT2D eigenvalue weighted by atomic mass is 10.3. The van der Waals surface area contributed by atoms with Gasteiger partial charge in [-0.05, 0) is 20.3 Å². The maximum atomic E-state index is 12.2. The van der Waals surface area contributed by atoms with Crippen LogP contribution in [0.2, 0.25) is 0 Å². The summed E-state index contributed by atoms with van der Waals surface area (Å²) in [5.41, 5.74) is 0. The van der Waals surface area contributed by atoms with Crippen LogP contribution in [0, 0.1) is 0 Å². The largest absolute Gasteiger partial charge is 0.480 e. The zero-order valence-corrected chi connectivity index (χ0v) is 12.4. The summed E-state index contributed by atoms with van der Waals surface area (Å²) in [4.78, 5) is 11.1. The molecule has 8 heteroatoms. The van der Waals surface area contributed by atoms with Gasteiger partial charge in [-0.1, -0.05) is 13.3 Å². The Balaban J connectivity index is 2.99. The first-order valence-electron chi connectivity index (χ1n) is 5.94. The van der Waals surface area contributed by atoms with Crippen LogP contribution in [0.25, 0.3) is 0 Å². The molecule has 0 amide bonds. The first-order chi connectivity index (χ1) is 8.29. The van der Waals surface area contributed by atoms with Gasteiger partial charge in [-0.2, -0.15) is 17.4 Å². The number of hydrogen-bond donors (Lipinski definition) is 2. The third-order valence-electron chi connectivity index (χ3n) is 2.52. The predicted octanol–water partition coefficient (Wildman–Crippen LogP) is 0.857. The molecule has 0 spiro atoms. The van der Waals surface area contributed by atoms with Crippen molar-refractivity contribution in [2.75, 3.05) is 5.75 Å². The third kappa shape index (κ3) is 3.59. The minimum absolute atomic E-state index is 0.252. The molecule has 1 aliphatic rings. The highest BCUT2D eigenvalue weighted by atomic mass is 32.2. The van der Waals surface area contributed by atoms with E-state index in [0.29, 0.717) is 12.2 Å². The lowest BCUT2D eigenvalue weighted by Gasteiger charge is -2.27. The molecule has 0 aromatic carbocycles. The molecule has 2 N–H and O–H groups in total. The highest BCUT2D eigenvalue weighted by Crippen LogP contribution is 2.34. The lowest BCUT2D eigenvalue weighted by molar-refractivity contribution is -0.140.